The van der Waals surface area contributed by atoms with Crippen molar-refractivity contribution in [1.29, 1.82) is 0 Å². The average Bonchev–Trinajstić information content (AvgIpc) is 3.21. The second-order valence-corrected chi connectivity index (χ2v) is 7.15. The van der Waals surface area contributed by atoms with Crippen LogP contribution in [0.5, 0.6) is 5.88 Å². The van der Waals surface area contributed by atoms with Crippen molar-refractivity contribution < 1.29 is 18.4 Å². The molecule has 0 bridgehead atoms. The number of fused-ring (bicyclic) bond motifs is 1. The maximum absolute atomic E-state index is 13.3. The van der Waals surface area contributed by atoms with E-state index in [4.69, 9.17) is 20.9 Å². The van der Waals surface area contributed by atoms with Crippen molar-refractivity contribution >= 4 is 28.6 Å². The van der Waals surface area contributed by atoms with Crippen LogP contribution in [0, 0.1) is 5.82 Å². The highest BCUT2D eigenvalue weighted by Gasteiger charge is 2.20. The van der Waals surface area contributed by atoms with Gasteiger partial charge in [0.15, 0.2) is 6.61 Å². The fourth-order valence-corrected chi connectivity index (χ4v) is 3.05. The molecule has 1 amide bonds. The number of carbonyl (C=O) groups excluding carboxylic acids is 1. The van der Waals surface area contributed by atoms with Crippen LogP contribution in [0.1, 0.15) is 18.3 Å². The smallest absolute Gasteiger partial charge is 0.265 e. The van der Waals surface area contributed by atoms with Gasteiger partial charge in [-0.25, -0.2) is 4.39 Å². The molecule has 2 aromatic heterocycles. The van der Waals surface area contributed by atoms with Gasteiger partial charge in [0.05, 0.1) is 0 Å². The summed E-state index contributed by atoms with van der Waals surface area (Å²) in [6.45, 7) is 1.98. The molecule has 0 radical (unpaired) electrons. The molecule has 0 saturated heterocycles. The molecule has 0 fully saturated rings. The third-order valence-electron chi connectivity index (χ3n) is 4.53. The molecule has 2 heterocycles. The molecule has 0 saturated carbocycles. The van der Waals surface area contributed by atoms with E-state index >= 15 is 0 Å². The van der Waals surface area contributed by atoms with Crippen molar-refractivity contribution in [2.45, 2.75) is 19.9 Å². The summed E-state index contributed by atoms with van der Waals surface area (Å²) in [5.74, 6) is -0.00982. The summed E-state index contributed by atoms with van der Waals surface area (Å²) in [7, 11) is 0. The number of nitrogens with zero attached hydrogens (tertiary/aromatic N) is 3. The van der Waals surface area contributed by atoms with Gasteiger partial charge in [0.2, 0.25) is 5.88 Å². The Balaban J connectivity index is 1.54. The summed E-state index contributed by atoms with van der Waals surface area (Å²) in [5, 5.41) is 7.88. The second-order valence-electron chi connectivity index (χ2n) is 6.71. The minimum Gasteiger partial charge on any atom is -0.467 e. The first-order valence-electron chi connectivity index (χ1n) is 9.59. The molecule has 158 valence electrons. The van der Waals surface area contributed by atoms with Crippen LogP contribution in [0.25, 0.3) is 22.4 Å². The van der Waals surface area contributed by atoms with E-state index in [0.717, 1.165) is 5.56 Å². The Morgan fingerprint density at radius 2 is 1.87 bits per heavy atom. The lowest BCUT2D eigenvalue weighted by atomic mass is 10.1. The minimum atomic E-state index is -0.366. The van der Waals surface area contributed by atoms with E-state index in [1.54, 1.807) is 24.3 Å². The van der Waals surface area contributed by atoms with Gasteiger partial charge in [0.1, 0.15) is 22.7 Å². The molecular weight excluding hydrogens is 423 g/mol. The molecule has 0 spiro atoms. The number of rotatable bonds is 7. The molecular formula is C22H18ClFN4O3. The third-order valence-corrected chi connectivity index (χ3v) is 4.78. The highest BCUT2D eigenvalue weighted by Crippen LogP contribution is 2.33. The Labute approximate surface area is 182 Å². The zero-order valence-electron chi connectivity index (χ0n) is 16.6. The monoisotopic (exact) mass is 440 g/mol. The van der Waals surface area contributed by atoms with Gasteiger partial charge in [-0.15, -0.1) is 0 Å². The Bertz CT molecular complexity index is 1210. The lowest BCUT2D eigenvalue weighted by Crippen LogP contribution is -2.28. The molecule has 0 aliphatic heterocycles. The molecule has 2 aromatic carbocycles. The molecule has 0 aliphatic rings. The van der Waals surface area contributed by atoms with E-state index in [1.165, 1.54) is 12.1 Å². The van der Waals surface area contributed by atoms with Gasteiger partial charge in [-0.05, 0) is 42.0 Å². The maximum atomic E-state index is 13.3. The molecule has 9 heteroatoms. The molecule has 0 aliphatic carbocycles. The zero-order valence-corrected chi connectivity index (χ0v) is 17.3. The van der Waals surface area contributed by atoms with Crippen LogP contribution in [0.15, 0.2) is 53.1 Å². The molecule has 7 nitrogen and oxygen atoms in total. The summed E-state index contributed by atoms with van der Waals surface area (Å²) in [6.07, 6.45) is 0.543. The summed E-state index contributed by atoms with van der Waals surface area (Å²) in [5.41, 5.74) is 2.18. The van der Waals surface area contributed by atoms with Crippen LogP contribution in [0.3, 0.4) is 0 Å². The number of hydrogen-bond acceptors (Lipinski definition) is 6. The standard InChI is InChI=1S/C22H18ClFN4O3/c1-2-17-26-21(30-12-18(29)25-11-13-3-7-15(23)8-4-13)19-20(28-31-22(19)27-17)14-5-9-16(24)10-6-14/h3-10H,2,11-12H2,1H3,(H,25,29). The van der Waals surface area contributed by atoms with Gasteiger partial charge < -0.3 is 14.6 Å². The highest BCUT2D eigenvalue weighted by molar-refractivity contribution is 6.30. The lowest BCUT2D eigenvalue weighted by molar-refractivity contribution is -0.123. The van der Waals surface area contributed by atoms with Crippen LogP contribution < -0.4 is 10.1 Å². The number of ether oxygens (including phenoxy) is 1. The number of benzene rings is 2. The molecule has 4 rings (SSSR count). The predicted octanol–water partition coefficient (Wildman–Crippen LogP) is 4.33. The number of aromatic nitrogens is 3. The first-order valence-corrected chi connectivity index (χ1v) is 9.97. The molecule has 1 N–H and O–H groups in total. The Kier molecular flexibility index (Phi) is 6.08. The minimum absolute atomic E-state index is 0.184. The Morgan fingerprint density at radius 1 is 1.13 bits per heavy atom. The number of amides is 1. The predicted molar refractivity (Wildman–Crippen MR) is 113 cm³/mol. The van der Waals surface area contributed by atoms with Gasteiger partial charge in [0, 0.05) is 23.6 Å². The van der Waals surface area contributed by atoms with E-state index in [2.05, 4.69) is 20.4 Å². The molecule has 0 atom stereocenters. The van der Waals surface area contributed by atoms with E-state index in [9.17, 15) is 9.18 Å². The van der Waals surface area contributed by atoms with Crippen molar-refractivity contribution in [2.24, 2.45) is 0 Å². The van der Waals surface area contributed by atoms with Crippen LogP contribution in [-0.2, 0) is 17.8 Å². The normalized spacial score (nSPS) is 10.9. The van der Waals surface area contributed by atoms with E-state index in [0.29, 0.717) is 40.5 Å². The number of halogens is 2. The SMILES string of the molecule is CCc1nc(OCC(=O)NCc2ccc(Cl)cc2)c2c(-c3ccc(F)cc3)noc2n1. The fourth-order valence-electron chi connectivity index (χ4n) is 2.92. The van der Waals surface area contributed by atoms with Crippen LogP contribution in [0.2, 0.25) is 5.02 Å². The first kappa shape index (κ1) is 20.7. The van der Waals surface area contributed by atoms with Gasteiger partial charge in [0.25, 0.3) is 11.6 Å². The van der Waals surface area contributed by atoms with Gasteiger partial charge in [-0.3, -0.25) is 4.79 Å². The number of aryl methyl sites for hydroxylation is 1. The van der Waals surface area contributed by atoms with Gasteiger partial charge in [-0.1, -0.05) is 35.8 Å². The maximum Gasteiger partial charge on any atom is 0.265 e. The first-order chi connectivity index (χ1) is 15.0. The quantitative estimate of drug-likeness (QED) is 0.460. The van der Waals surface area contributed by atoms with E-state index < -0.39 is 0 Å². The largest absolute Gasteiger partial charge is 0.467 e. The number of carbonyl (C=O) groups is 1. The van der Waals surface area contributed by atoms with E-state index in [-0.39, 0.29) is 29.9 Å². The van der Waals surface area contributed by atoms with Crippen molar-refractivity contribution in [3.8, 4) is 17.1 Å². The number of hydrogen-bond donors (Lipinski definition) is 1. The van der Waals surface area contributed by atoms with Crippen molar-refractivity contribution in [3.05, 3.63) is 70.8 Å². The molecule has 4 aromatic rings. The number of nitrogens with one attached hydrogen (secondary N) is 1. The summed E-state index contributed by atoms with van der Waals surface area (Å²) >= 11 is 5.87. The van der Waals surface area contributed by atoms with Crippen LogP contribution in [-0.4, -0.2) is 27.6 Å². The lowest BCUT2D eigenvalue weighted by Gasteiger charge is -2.09. The van der Waals surface area contributed by atoms with Gasteiger partial charge in [-0.2, -0.15) is 9.97 Å². The Hall–Kier alpha value is -3.52. The van der Waals surface area contributed by atoms with Crippen molar-refractivity contribution in [3.63, 3.8) is 0 Å². The van der Waals surface area contributed by atoms with Crippen molar-refractivity contribution in [1.82, 2.24) is 20.4 Å². The highest BCUT2D eigenvalue weighted by atomic mass is 35.5. The molecule has 0 unspecified atom stereocenters. The Morgan fingerprint density at radius 3 is 2.58 bits per heavy atom. The summed E-state index contributed by atoms with van der Waals surface area (Å²) < 4.78 is 24.4. The van der Waals surface area contributed by atoms with E-state index in [1.807, 2.05) is 19.1 Å². The summed E-state index contributed by atoms with van der Waals surface area (Å²) in [6, 6.07) is 13.0. The summed E-state index contributed by atoms with van der Waals surface area (Å²) in [4.78, 5) is 21.0. The molecule has 31 heavy (non-hydrogen) atoms. The van der Waals surface area contributed by atoms with Crippen LogP contribution >= 0.6 is 11.6 Å². The average molecular weight is 441 g/mol. The second kappa shape index (κ2) is 9.09. The van der Waals surface area contributed by atoms with Gasteiger partial charge >= 0.3 is 0 Å². The zero-order chi connectivity index (χ0) is 21.8. The van der Waals surface area contributed by atoms with Crippen molar-refractivity contribution in [2.75, 3.05) is 6.61 Å². The fraction of sp³-hybridized carbons (Fsp3) is 0.182. The van der Waals surface area contributed by atoms with Crippen LogP contribution in [0.4, 0.5) is 4.39 Å². The third kappa shape index (κ3) is 4.80. The topological polar surface area (TPSA) is 90.1 Å².